The van der Waals surface area contributed by atoms with E-state index in [1.54, 1.807) is 22.2 Å². The normalized spacial score (nSPS) is 15.4. The van der Waals surface area contributed by atoms with Crippen molar-refractivity contribution < 1.29 is 0 Å². The predicted molar refractivity (Wildman–Crippen MR) is 133 cm³/mol. The summed E-state index contributed by atoms with van der Waals surface area (Å²) in [5.41, 5.74) is 3.11. The Bertz CT molecular complexity index is 1530. The summed E-state index contributed by atoms with van der Waals surface area (Å²) in [6, 6.07) is 15.9. The molecule has 0 unspecified atom stereocenters. The predicted octanol–water partition coefficient (Wildman–Crippen LogP) is 3.75. The van der Waals surface area contributed by atoms with Gasteiger partial charge >= 0.3 is 0 Å². The van der Waals surface area contributed by atoms with Crippen molar-refractivity contribution in [2.45, 2.75) is 32.2 Å². The number of nitrogens with zero attached hydrogens (tertiary/aromatic N) is 7. The molecular weight excluding hydrogens is 446 g/mol. The van der Waals surface area contributed by atoms with Gasteiger partial charge in [0.2, 0.25) is 4.96 Å². The fourth-order valence-electron chi connectivity index (χ4n) is 4.71. The van der Waals surface area contributed by atoms with E-state index in [1.807, 2.05) is 28.8 Å². The second-order valence-electron chi connectivity index (χ2n) is 8.91. The Balaban J connectivity index is 1.12. The topological polar surface area (TPSA) is 81.2 Å². The SMILES string of the molecule is Cc1cccc(-c2nn3c(C4CCN(CCn5cnc6ccccc6c5=O)CC4)nnc3s2)c1. The molecule has 0 bridgehead atoms. The average molecular weight is 472 g/mol. The molecule has 0 radical (unpaired) electrons. The smallest absolute Gasteiger partial charge is 0.261 e. The van der Waals surface area contributed by atoms with E-state index < -0.39 is 0 Å². The van der Waals surface area contributed by atoms with Gasteiger partial charge < -0.3 is 4.90 Å². The van der Waals surface area contributed by atoms with E-state index >= 15 is 0 Å². The number of piperidine rings is 1. The highest BCUT2D eigenvalue weighted by atomic mass is 32.1. The zero-order valence-electron chi connectivity index (χ0n) is 19.0. The van der Waals surface area contributed by atoms with Crippen molar-refractivity contribution in [1.82, 2.24) is 34.3 Å². The molecule has 9 heteroatoms. The summed E-state index contributed by atoms with van der Waals surface area (Å²) in [6.07, 6.45) is 3.67. The lowest BCUT2D eigenvalue weighted by atomic mass is 9.96. The molecule has 0 saturated carbocycles. The summed E-state index contributed by atoms with van der Waals surface area (Å²) in [6.45, 7) is 5.49. The molecule has 0 aliphatic carbocycles. The van der Waals surface area contributed by atoms with Crippen LogP contribution >= 0.6 is 11.3 Å². The van der Waals surface area contributed by atoms with Crippen LogP contribution in [0.1, 0.15) is 30.1 Å². The third-order valence-electron chi connectivity index (χ3n) is 6.62. The quantitative estimate of drug-likeness (QED) is 0.388. The van der Waals surface area contributed by atoms with Gasteiger partial charge in [-0.3, -0.25) is 9.36 Å². The molecule has 1 fully saturated rings. The van der Waals surface area contributed by atoms with Crippen LogP contribution in [0.5, 0.6) is 0 Å². The van der Waals surface area contributed by atoms with Gasteiger partial charge in [-0.25, -0.2) is 4.98 Å². The molecule has 5 aromatic rings. The van der Waals surface area contributed by atoms with Crippen LogP contribution < -0.4 is 5.56 Å². The molecule has 1 aliphatic heterocycles. The van der Waals surface area contributed by atoms with Crippen molar-refractivity contribution >= 4 is 27.2 Å². The van der Waals surface area contributed by atoms with Gasteiger partial charge in [-0.2, -0.15) is 9.61 Å². The Labute approximate surface area is 200 Å². The largest absolute Gasteiger partial charge is 0.302 e. The second-order valence-corrected chi connectivity index (χ2v) is 9.86. The Morgan fingerprint density at radius 2 is 1.88 bits per heavy atom. The van der Waals surface area contributed by atoms with Crippen LogP contribution in [0.3, 0.4) is 0 Å². The van der Waals surface area contributed by atoms with E-state index in [4.69, 9.17) is 5.10 Å². The first kappa shape index (κ1) is 21.1. The van der Waals surface area contributed by atoms with Crippen LogP contribution in [0.4, 0.5) is 0 Å². The van der Waals surface area contributed by atoms with Gasteiger partial charge in [0, 0.05) is 24.6 Å². The maximum Gasteiger partial charge on any atom is 0.261 e. The van der Waals surface area contributed by atoms with E-state index in [0.717, 1.165) is 59.3 Å². The van der Waals surface area contributed by atoms with Crippen LogP contribution in [0.2, 0.25) is 0 Å². The molecule has 6 rings (SSSR count). The molecule has 0 spiro atoms. The Morgan fingerprint density at radius 1 is 1.03 bits per heavy atom. The summed E-state index contributed by atoms with van der Waals surface area (Å²) in [5, 5.41) is 15.4. The van der Waals surface area contributed by atoms with Crippen molar-refractivity contribution in [1.29, 1.82) is 0 Å². The van der Waals surface area contributed by atoms with Crippen LogP contribution in [0.25, 0.3) is 26.4 Å². The number of para-hydroxylation sites is 1. The van der Waals surface area contributed by atoms with Crippen LogP contribution in [0.15, 0.2) is 59.7 Å². The number of rotatable bonds is 5. The highest BCUT2D eigenvalue weighted by Gasteiger charge is 2.26. The summed E-state index contributed by atoms with van der Waals surface area (Å²) in [4.78, 5) is 20.4. The summed E-state index contributed by atoms with van der Waals surface area (Å²) < 4.78 is 3.65. The van der Waals surface area contributed by atoms with Crippen LogP contribution in [-0.4, -0.2) is 53.9 Å². The van der Waals surface area contributed by atoms with E-state index in [2.05, 4.69) is 51.3 Å². The lowest BCUT2D eigenvalue weighted by Gasteiger charge is -2.30. The standard InChI is InChI=1S/C25H25N7OS/c1-17-5-4-6-19(15-17)23-29-32-22(27-28-25(32)34-23)18-9-11-30(12-10-18)13-14-31-16-26-21-8-3-2-7-20(21)24(31)33/h2-8,15-16,18H,9-14H2,1H3. The molecule has 0 N–H and O–H groups in total. The Kier molecular flexibility index (Phi) is 5.43. The van der Waals surface area contributed by atoms with E-state index in [0.29, 0.717) is 17.8 Å². The maximum absolute atomic E-state index is 12.7. The van der Waals surface area contributed by atoms with Gasteiger partial charge in [0.1, 0.15) is 5.01 Å². The minimum atomic E-state index is 0.0271. The van der Waals surface area contributed by atoms with Gasteiger partial charge in [-0.15, -0.1) is 10.2 Å². The van der Waals surface area contributed by atoms with Gasteiger partial charge in [0.15, 0.2) is 5.82 Å². The zero-order valence-corrected chi connectivity index (χ0v) is 19.8. The van der Waals surface area contributed by atoms with Gasteiger partial charge in [0.25, 0.3) is 5.56 Å². The summed E-state index contributed by atoms with van der Waals surface area (Å²) in [5.74, 6) is 1.29. The van der Waals surface area contributed by atoms with Gasteiger partial charge in [0.05, 0.1) is 17.2 Å². The van der Waals surface area contributed by atoms with Crippen LogP contribution in [0, 0.1) is 6.92 Å². The van der Waals surface area contributed by atoms with E-state index in [-0.39, 0.29) is 5.56 Å². The summed E-state index contributed by atoms with van der Waals surface area (Å²) >= 11 is 1.58. The molecular formula is C25H25N7OS. The minimum Gasteiger partial charge on any atom is -0.302 e. The molecule has 1 saturated heterocycles. The highest BCUT2D eigenvalue weighted by molar-refractivity contribution is 7.19. The number of fused-ring (bicyclic) bond motifs is 2. The molecule has 34 heavy (non-hydrogen) atoms. The Hall–Kier alpha value is -3.43. The summed E-state index contributed by atoms with van der Waals surface area (Å²) in [7, 11) is 0. The molecule has 4 heterocycles. The number of likely N-dealkylation sites (tertiary alicyclic amines) is 1. The lowest BCUT2D eigenvalue weighted by Crippen LogP contribution is -2.37. The molecule has 0 amide bonds. The minimum absolute atomic E-state index is 0.0271. The number of aromatic nitrogens is 6. The second kappa shape index (κ2) is 8.73. The van der Waals surface area contributed by atoms with Crippen molar-refractivity contribution in [2.75, 3.05) is 19.6 Å². The molecule has 1 aliphatic rings. The molecule has 172 valence electrons. The molecule has 3 aromatic heterocycles. The third kappa shape index (κ3) is 3.91. The molecule has 0 atom stereocenters. The van der Waals surface area contributed by atoms with E-state index in [9.17, 15) is 4.79 Å². The maximum atomic E-state index is 12.7. The number of benzene rings is 2. The Morgan fingerprint density at radius 3 is 2.74 bits per heavy atom. The van der Waals surface area contributed by atoms with Gasteiger partial charge in [-0.1, -0.05) is 47.2 Å². The fourth-order valence-corrected chi connectivity index (χ4v) is 5.55. The molecule has 8 nitrogen and oxygen atoms in total. The van der Waals surface area contributed by atoms with Gasteiger partial charge in [-0.05, 0) is 51.1 Å². The monoisotopic (exact) mass is 471 g/mol. The first-order chi connectivity index (χ1) is 16.7. The third-order valence-corrected chi connectivity index (χ3v) is 7.57. The lowest BCUT2D eigenvalue weighted by molar-refractivity contribution is 0.201. The number of aryl methyl sites for hydroxylation is 1. The average Bonchev–Trinajstić information content (AvgIpc) is 3.46. The van der Waals surface area contributed by atoms with Crippen molar-refractivity contribution in [3.8, 4) is 10.6 Å². The van der Waals surface area contributed by atoms with Crippen molar-refractivity contribution in [3.05, 3.63) is 76.6 Å². The molecule has 2 aromatic carbocycles. The zero-order chi connectivity index (χ0) is 23.1. The highest BCUT2D eigenvalue weighted by Crippen LogP contribution is 2.31. The fraction of sp³-hybridized carbons (Fsp3) is 0.320. The number of hydrogen-bond donors (Lipinski definition) is 0. The van der Waals surface area contributed by atoms with Crippen molar-refractivity contribution in [2.24, 2.45) is 0 Å². The number of hydrogen-bond acceptors (Lipinski definition) is 7. The first-order valence-corrected chi connectivity index (χ1v) is 12.4. The van der Waals surface area contributed by atoms with E-state index in [1.165, 1.54) is 5.56 Å². The first-order valence-electron chi connectivity index (χ1n) is 11.6. The van der Waals surface area contributed by atoms with Crippen molar-refractivity contribution in [3.63, 3.8) is 0 Å². The van der Waals surface area contributed by atoms with Crippen LogP contribution in [-0.2, 0) is 6.54 Å².